The van der Waals surface area contributed by atoms with Gasteiger partial charge in [-0.1, -0.05) is 12.1 Å². The molecule has 2 aliphatic heterocycles. The van der Waals surface area contributed by atoms with Crippen LogP contribution in [0.5, 0.6) is 0 Å². The Morgan fingerprint density at radius 3 is 2.63 bits per heavy atom. The Morgan fingerprint density at radius 2 is 1.90 bits per heavy atom. The maximum absolute atomic E-state index is 13.6. The molecule has 1 aromatic heterocycles. The highest BCUT2D eigenvalue weighted by Gasteiger charge is 2.38. The van der Waals surface area contributed by atoms with Crippen LogP contribution in [0.15, 0.2) is 52.5 Å². The summed E-state index contributed by atoms with van der Waals surface area (Å²) in [5, 5.41) is 17.7. The number of alkyl halides is 6. The molecule has 0 aliphatic carbocycles. The number of benzene rings is 2. The number of nitrogens with one attached hydrogen (secondary N) is 1. The normalized spacial score (nSPS) is 19.4. The van der Waals surface area contributed by atoms with E-state index in [9.17, 15) is 31.1 Å². The van der Waals surface area contributed by atoms with E-state index in [0.29, 0.717) is 45.7 Å². The molecule has 0 spiro atoms. The van der Waals surface area contributed by atoms with Crippen molar-refractivity contribution < 1.29 is 36.2 Å². The number of carbonyl (C=O) groups is 1. The van der Waals surface area contributed by atoms with Gasteiger partial charge in [0.25, 0.3) is 5.91 Å². The summed E-state index contributed by atoms with van der Waals surface area (Å²) in [7, 11) is 0. The van der Waals surface area contributed by atoms with Crippen molar-refractivity contribution in [2.45, 2.75) is 37.8 Å². The van der Waals surface area contributed by atoms with Gasteiger partial charge in [0, 0.05) is 31.1 Å². The van der Waals surface area contributed by atoms with Crippen LogP contribution >= 0.6 is 11.8 Å². The first kappa shape index (κ1) is 29.1. The molecule has 0 saturated carbocycles. The Morgan fingerprint density at radius 1 is 1.10 bits per heavy atom. The molecule has 218 valence electrons. The van der Waals surface area contributed by atoms with Gasteiger partial charge in [-0.25, -0.2) is 0 Å². The number of nitrogens with zero attached hydrogens (tertiary/aromatic N) is 4. The van der Waals surface area contributed by atoms with Gasteiger partial charge < -0.3 is 15.3 Å². The predicted octanol–water partition coefficient (Wildman–Crippen LogP) is 5.14. The summed E-state index contributed by atoms with van der Waals surface area (Å²) in [6.07, 6.45) is -4.85. The van der Waals surface area contributed by atoms with Crippen molar-refractivity contribution in [3.05, 3.63) is 69.8 Å². The van der Waals surface area contributed by atoms with E-state index in [0.717, 1.165) is 25.5 Å². The minimum absolute atomic E-state index is 0.0461. The van der Waals surface area contributed by atoms with Crippen LogP contribution in [-0.4, -0.2) is 63.1 Å². The molecule has 1 unspecified atom stereocenters. The zero-order valence-corrected chi connectivity index (χ0v) is 22.3. The number of hydrogen-bond acceptors (Lipinski definition) is 6. The molecule has 0 bridgehead atoms. The maximum Gasteiger partial charge on any atom is 0.416 e. The zero-order valence-electron chi connectivity index (χ0n) is 21.5. The van der Waals surface area contributed by atoms with E-state index in [1.54, 1.807) is 24.3 Å². The number of fused-ring (bicyclic) bond motifs is 1. The van der Waals surface area contributed by atoms with Gasteiger partial charge in [0.05, 0.1) is 40.9 Å². The molecule has 3 aromatic rings. The summed E-state index contributed by atoms with van der Waals surface area (Å²) in [5.74, 6) is -0.367. The first-order valence-electron chi connectivity index (χ1n) is 12.8. The number of amides is 1. The Kier molecular flexibility index (Phi) is 8.17. The number of likely N-dealkylation sites (tertiary alicyclic amines) is 1. The summed E-state index contributed by atoms with van der Waals surface area (Å²) in [4.78, 5) is 19.3. The number of hydrogen-bond donors (Lipinski definition) is 2. The molecule has 3 heterocycles. The fraction of sp³-hybridized carbons (Fsp3) is 0.370. The van der Waals surface area contributed by atoms with Gasteiger partial charge in [0.2, 0.25) is 0 Å². The lowest BCUT2D eigenvalue weighted by Crippen LogP contribution is -2.47. The molecule has 41 heavy (non-hydrogen) atoms. The maximum atomic E-state index is 13.6. The summed E-state index contributed by atoms with van der Waals surface area (Å²) < 4.78 is 81.1. The minimum atomic E-state index is -4.98. The van der Waals surface area contributed by atoms with Crippen molar-refractivity contribution >= 4 is 39.8 Å². The fourth-order valence-corrected chi connectivity index (χ4v) is 5.86. The van der Waals surface area contributed by atoms with Gasteiger partial charge in [-0.3, -0.25) is 9.48 Å². The smallest absolute Gasteiger partial charge is 0.395 e. The largest absolute Gasteiger partial charge is 0.416 e. The Labute approximate surface area is 234 Å². The number of amidine groups is 1. The number of rotatable bonds is 6. The van der Waals surface area contributed by atoms with Gasteiger partial charge in [0.15, 0.2) is 5.17 Å². The standard InChI is InChI=1S/C27H25F6N5O2S/c28-26(29,30)19-5-4-17(21(12-19)27(31,32)33)14-38-22-6-3-16(10-18(22)13-35-38)11-23-24(40)36-25(41-23)37-8-1-2-20(15-37)34-7-9-39/h3-6,10-13,20,34,39H,1-2,7-9,14-15H2/b23-11-. The Balaban J connectivity index is 1.33. The van der Waals surface area contributed by atoms with Crippen molar-refractivity contribution in [2.75, 3.05) is 26.2 Å². The summed E-state index contributed by atoms with van der Waals surface area (Å²) in [6.45, 7) is 1.60. The number of piperidine rings is 1. The van der Waals surface area contributed by atoms with E-state index >= 15 is 0 Å². The summed E-state index contributed by atoms with van der Waals surface area (Å²) >= 11 is 1.27. The Hall–Kier alpha value is -3.36. The van der Waals surface area contributed by atoms with E-state index in [2.05, 4.69) is 15.4 Å². The van der Waals surface area contributed by atoms with Crippen molar-refractivity contribution in [1.29, 1.82) is 0 Å². The number of aliphatic hydroxyl groups is 1. The molecule has 0 radical (unpaired) electrons. The number of thioether (sulfide) groups is 1. The highest BCUT2D eigenvalue weighted by molar-refractivity contribution is 8.18. The molecule has 7 nitrogen and oxygen atoms in total. The molecule has 1 atom stereocenters. The van der Waals surface area contributed by atoms with Crippen LogP contribution in [0, 0.1) is 0 Å². The molecule has 2 aromatic carbocycles. The van der Waals surface area contributed by atoms with E-state index in [1.807, 2.05) is 4.90 Å². The van der Waals surface area contributed by atoms with Gasteiger partial charge in [-0.2, -0.15) is 36.4 Å². The van der Waals surface area contributed by atoms with Crippen LogP contribution in [0.3, 0.4) is 0 Å². The number of halogens is 6. The van der Waals surface area contributed by atoms with Crippen molar-refractivity contribution in [1.82, 2.24) is 20.0 Å². The second-order valence-corrected chi connectivity index (χ2v) is 10.8. The number of aliphatic imine (C=N–C) groups is 1. The van der Waals surface area contributed by atoms with E-state index in [4.69, 9.17) is 5.11 Å². The topological polar surface area (TPSA) is 82.8 Å². The van der Waals surface area contributed by atoms with Gasteiger partial charge in [0.1, 0.15) is 0 Å². The lowest BCUT2D eigenvalue weighted by Gasteiger charge is -2.33. The molecule has 1 amide bonds. The summed E-state index contributed by atoms with van der Waals surface area (Å²) in [5.41, 5.74) is -1.94. The lowest BCUT2D eigenvalue weighted by molar-refractivity contribution is -0.143. The van der Waals surface area contributed by atoms with Gasteiger partial charge >= 0.3 is 12.4 Å². The van der Waals surface area contributed by atoms with E-state index in [1.165, 1.54) is 22.6 Å². The van der Waals surface area contributed by atoms with Crippen LogP contribution in [0.4, 0.5) is 26.3 Å². The molecular weight excluding hydrogens is 572 g/mol. The third-order valence-electron chi connectivity index (χ3n) is 6.87. The molecule has 2 aliphatic rings. The highest BCUT2D eigenvalue weighted by Crippen LogP contribution is 2.38. The van der Waals surface area contributed by atoms with E-state index in [-0.39, 0.29) is 36.7 Å². The first-order valence-corrected chi connectivity index (χ1v) is 13.6. The SMILES string of the molecule is O=C1N=C(N2CCCC(NCCO)C2)S/C1=C\c1ccc2c(cnn2Cc2ccc(C(F)(F)F)cc2C(F)(F)F)c1. The third-order valence-corrected chi connectivity index (χ3v) is 7.92. The second-order valence-electron chi connectivity index (χ2n) is 9.76. The quantitative estimate of drug-likeness (QED) is 0.303. The predicted molar refractivity (Wildman–Crippen MR) is 143 cm³/mol. The van der Waals surface area contributed by atoms with E-state index < -0.39 is 23.5 Å². The fourth-order valence-electron chi connectivity index (χ4n) is 4.91. The summed E-state index contributed by atoms with van der Waals surface area (Å²) in [6, 6.07) is 6.82. The first-order chi connectivity index (χ1) is 19.4. The van der Waals surface area contributed by atoms with Gasteiger partial charge in [-0.15, -0.1) is 0 Å². The minimum Gasteiger partial charge on any atom is -0.395 e. The van der Waals surface area contributed by atoms with Crippen LogP contribution in [0.2, 0.25) is 0 Å². The second kappa shape index (κ2) is 11.5. The van der Waals surface area contributed by atoms with Crippen molar-refractivity contribution in [2.24, 2.45) is 4.99 Å². The van der Waals surface area contributed by atoms with Crippen molar-refractivity contribution in [3.63, 3.8) is 0 Å². The average molecular weight is 598 g/mol. The van der Waals surface area contributed by atoms with Gasteiger partial charge in [-0.05, 0) is 66.1 Å². The molecule has 5 rings (SSSR count). The molecule has 14 heteroatoms. The molecule has 1 fully saturated rings. The van der Waals surface area contributed by atoms with Crippen LogP contribution in [0.1, 0.15) is 35.1 Å². The third kappa shape index (κ3) is 6.60. The zero-order chi connectivity index (χ0) is 29.4. The highest BCUT2D eigenvalue weighted by atomic mass is 32.2. The van der Waals surface area contributed by atoms with Crippen LogP contribution in [0.25, 0.3) is 17.0 Å². The molecular formula is C27H25F6N5O2S. The lowest BCUT2D eigenvalue weighted by atomic mass is 10.0. The monoisotopic (exact) mass is 597 g/mol. The molecule has 2 N–H and O–H groups in total. The number of aliphatic hydroxyl groups excluding tert-OH is 1. The number of carbonyl (C=O) groups excluding carboxylic acids is 1. The van der Waals surface area contributed by atoms with Crippen molar-refractivity contribution in [3.8, 4) is 0 Å². The van der Waals surface area contributed by atoms with Crippen LogP contribution < -0.4 is 5.32 Å². The molecule has 1 saturated heterocycles. The van der Waals surface area contributed by atoms with Crippen LogP contribution in [-0.2, 0) is 23.7 Å². The number of aromatic nitrogens is 2. The average Bonchev–Trinajstić information content (AvgIpc) is 3.49. The Bertz CT molecular complexity index is 1510.